The third-order valence-corrected chi connectivity index (χ3v) is 12.4. The number of ketones is 2. The van der Waals surface area contributed by atoms with E-state index in [-0.39, 0.29) is 50.6 Å². The van der Waals surface area contributed by atoms with Crippen LogP contribution < -0.4 is 5.73 Å². The van der Waals surface area contributed by atoms with E-state index in [2.05, 4.69) is 40.7 Å². The predicted octanol–water partition coefficient (Wildman–Crippen LogP) is 6.16. The zero-order valence-corrected chi connectivity index (χ0v) is 22.9. The zero-order chi connectivity index (χ0) is 25.8. The van der Waals surface area contributed by atoms with Crippen molar-refractivity contribution in [3.63, 3.8) is 0 Å². The highest BCUT2D eigenvalue weighted by Gasteiger charge is 2.69. The van der Waals surface area contributed by atoms with E-state index in [1.165, 1.54) is 12.0 Å². The lowest BCUT2D eigenvalue weighted by atomic mass is 9.34. The molecule has 0 aromatic rings. The van der Waals surface area contributed by atoms with Crippen LogP contribution >= 0.6 is 0 Å². The molecule has 0 amide bonds. The molecular formula is C31H44N2O2. The molecule has 2 unspecified atom stereocenters. The molecule has 0 aliphatic heterocycles. The van der Waals surface area contributed by atoms with Crippen LogP contribution in [0.15, 0.2) is 23.3 Å². The summed E-state index contributed by atoms with van der Waals surface area (Å²) in [5, 5.41) is 9.85. The summed E-state index contributed by atoms with van der Waals surface area (Å²) in [6.07, 6.45) is 11.3. The van der Waals surface area contributed by atoms with Crippen molar-refractivity contribution in [2.45, 2.75) is 93.4 Å². The average molecular weight is 477 g/mol. The molecule has 4 heteroatoms. The van der Waals surface area contributed by atoms with Crippen LogP contribution in [-0.4, -0.2) is 18.1 Å². The summed E-state index contributed by atoms with van der Waals surface area (Å²) in [7, 11) is 0. The highest BCUT2D eigenvalue weighted by Crippen LogP contribution is 2.74. The smallest absolute Gasteiger partial charge is 0.178 e. The van der Waals surface area contributed by atoms with Crippen molar-refractivity contribution in [3.8, 4) is 6.07 Å². The molecule has 0 aromatic heterocycles. The van der Waals surface area contributed by atoms with Gasteiger partial charge in [-0.2, -0.15) is 5.26 Å². The monoisotopic (exact) mass is 476 g/mol. The average Bonchev–Trinajstić information content (AvgIpc) is 2.77. The van der Waals surface area contributed by atoms with Crippen molar-refractivity contribution in [2.75, 3.05) is 6.54 Å². The first-order chi connectivity index (χ1) is 16.1. The molecule has 5 aliphatic carbocycles. The molecule has 0 heterocycles. The number of nitrogens with zero attached hydrogens (tertiary/aromatic N) is 1. The predicted molar refractivity (Wildman–Crippen MR) is 138 cm³/mol. The summed E-state index contributed by atoms with van der Waals surface area (Å²) in [6.45, 7) is 16.4. The van der Waals surface area contributed by atoms with Crippen LogP contribution in [0.5, 0.6) is 0 Å². The number of carbonyl (C=O) groups is 2. The number of hydrogen-bond donors (Lipinski definition) is 1. The Morgan fingerprint density at radius 1 is 1.00 bits per heavy atom. The first kappa shape index (κ1) is 24.9. The van der Waals surface area contributed by atoms with Gasteiger partial charge in [0.1, 0.15) is 6.07 Å². The van der Waals surface area contributed by atoms with Gasteiger partial charge in [-0.1, -0.05) is 60.1 Å². The molecule has 2 N–H and O–H groups in total. The molecule has 3 saturated carbocycles. The number of allylic oxidation sites excluding steroid dienone is 4. The van der Waals surface area contributed by atoms with Gasteiger partial charge in [-0.25, -0.2) is 0 Å². The second-order valence-corrected chi connectivity index (χ2v) is 14.8. The Balaban J connectivity index is 1.70. The van der Waals surface area contributed by atoms with E-state index in [4.69, 9.17) is 5.73 Å². The molecule has 3 fully saturated rings. The molecule has 0 aromatic carbocycles. The van der Waals surface area contributed by atoms with Crippen LogP contribution in [0.25, 0.3) is 0 Å². The second-order valence-electron chi connectivity index (χ2n) is 14.8. The van der Waals surface area contributed by atoms with Gasteiger partial charge in [-0.3, -0.25) is 9.59 Å². The fourth-order valence-corrected chi connectivity index (χ4v) is 10.1. The van der Waals surface area contributed by atoms with Crippen molar-refractivity contribution >= 4 is 11.6 Å². The molecule has 0 spiro atoms. The van der Waals surface area contributed by atoms with Crippen LogP contribution in [0.2, 0.25) is 0 Å². The van der Waals surface area contributed by atoms with Crippen molar-refractivity contribution in [1.29, 1.82) is 5.26 Å². The largest absolute Gasteiger partial charge is 0.330 e. The van der Waals surface area contributed by atoms with E-state index in [1.54, 1.807) is 0 Å². The molecule has 5 rings (SSSR count). The lowest BCUT2D eigenvalue weighted by Crippen LogP contribution is -2.65. The van der Waals surface area contributed by atoms with E-state index in [0.717, 1.165) is 38.5 Å². The van der Waals surface area contributed by atoms with Gasteiger partial charge in [0.05, 0.1) is 5.57 Å². The van der Waals surface area contributed by atoms with Crippen LogP contribution in [-0.2, 0) is 9.59 Å². The van der Waals surface area contributed by atoms with Crippen LogP contribution in [0, 0.1) is 61.6 Å². The SMILES string of the molecule is CC1(C)CC[C@]2(CN)CC[C@]3(C)[C@H](C(=O)C=C4[C@@]5(C)C=C(C#N)C(=O)C(C)(C)C5CC[C@]43C)C2C1. The molecular weight excluding hydrogens is 432 g/mol. The highest BCUT2D eigenvalue weighted by atomic mass is 16.1. The minimum Gasteiger partial charge on any atom is -0.330 e. The van der Waals surface area contributed by atoms with Gasteiger partial charge in [0.25, 0.3) is 0 Å². The Labute approximate surface area is 211 Å². The Kier molecular flexibility index (Phi) is 5.12. The maximum Gasteiger partial charge on any atom is 0.178 e. The molecule has 4 nitrogen and oxygen atoms in total. The van der Waals surface area contributed by atoms with Crippen LogP contribution in [0.3, 0.4) is 0 Å². The number of carbonyl (C=O) groups excluding carboxylic acids is 2. The third kappa shape index (κ3) is 2.94. The Hall–Kier alpha value is -1.73. The Morgan fingerprint density at radius 3 is 2.29 bits per heavy atom. The van der Waals surface area contributed by atoms with Gasteiger partial charge in [0.2, 0.25) is 0 Å². The van der Waals surface area contributed by atoms with Crippen molar-refractivity contribution in [3.05, 3.63) is 23.3 Å². The summed E-state index contributed by atoms with van der Waals surface area (Å²) in [5.41, 5.74) is 6.86. The molecule has 35 heavy (non-hydrogen) atoms. The normalized spacial score (nSPS) is 47.8. The van der Waals surface area contributed by atoms with E-state index in [1.807, 2.05) is 26.0 Å². The highest BCUT2D eigenvalue weighted by molar-refractivity contribution is 6.04. The molecule has 0 radical (unpaired) electrons. The number of Topliss-reactive ketones (excluding diaryl/α,β-unsaturated/α-hetero) is 1. The summed E-state index contributed by atoms with van der Waals surface area (Å²) in [4.78, 5) is 27.4. The molecule has 0 saturated heterocycles. The third-order valence-electron chi connectivity index (χ3n) is 12.4. The maximum absolute atomic E-state index is 14.3. The van der Waals surface area contributed by atoms with Crippen molar-refractivity contribution in [2.24, 2.45) is 56.0 Å². The van der Waals surface area contributed by atoms with Crippen molar-refractivity contribution < 1.29 is 9.59 Å². The minimum atomic E-state index is -0.619. The van der Waals surface area contributed by atoms with Crippen LogP contribution in [0.1, 0.15) is 93.4 Å². The molecule has 0 bridgehead atoms. The lowest BCUT2D eigenvalue weighted by molar-refractivity contribution is -0.169. The quantitative estimate of drug-likeness (QED) is 0.491. The number of fused-ring (bicyclic) bond motifs is 7. The zero-order valence-electron chi connectivity index (χ0n) is 22.9. The maximum atomic E-state index is 14.3. The first-order valence-electron chi connectivity index (χ1n) is 13.8. The lowest BCUT2D eigenvalue weighted by Gasteiger charge is -2.69. The van der Waals surface area contributed by atoms with Gasteiger partial charge >= 0.3 is 0 Å². The number of nitrogens with two attached hydrogens (primary N) is 1. The minimum absolute atomic E-state index is 0.00840. The first-order valence-corrected chi connectivity index (χ1v) is 13.8. The van der Waals surface area contributed by atoms with Gasteiger partial charge in [0, 0.05) is 16.7 Å². The molecule has 5 aliphatic rings. The Morgan fingerprint density at radius 2 is 1.66 bits per heavy atom. The van der Waals surface area contributed by atoms with Crippen molar-refractivity contribution in [1.82, 2.24) is 0 Å². The van der Waals surface area contributed by atoms with E-state index in [9.17, 15) is 14.9 Å². The van der Waals surface area contributed by atoms with Gasteiger partial charge < -0.3 is 5.73 Å². The molecule has 7 atom stereocenters. The summed E-state index contributed by atoms with van der Waals surface area (Å²) in [5.74, 6) is 0.617. The second kappa shape index (κ2) is 7.18. The van der Waals surface area contributed by atoms with Gasteiger partial charge in [0.15, 0.2) is 11.6 Å². The number of rotatable bonds is 1. The van der Waals surface area contributed by atoms with E-state index < -0.39 is 10.8 Å². The topological polar surface area (TPSA) is 83.9 Å². The standard InChI is InChI=1S/C31H44N2O2/c1-26(2)10-12-31(18-33)13-11-30(7)24(20(31)16-26)21(34)14-23-28(5)15-19(17-32)25(35)27(3,4)22(28)8-9-29(23,30)6/h14-15,20,22,24H,8-13,16,18,33H2,1-7H3/t20?,22?,24-,28-,29+,30+,31+/m0/s1. The summed E-state index contributed by atoms with van der Waals surface area (Å²) >= 11 is 0. The fraction of sp³-hybridized carbons (Fsp3) is 0.774. The van der Waals surface area contributed by atoms with Gasteiger partial charge in [-0.15, -0.1) is 0 Å². The van der Waals surface area contributed by atoms with Gasteiger partial charge in [-0.05, 0) is 91.1 Å². The van der Waals surface area contributed by atoms with Crippen LogP contribution in [0.4, 0.5) is 0 Å². The molecule has 190 valence electrons. The number of nitriles is 1. The fourth-order valence-electron chi connectivity index (χ4n) is 10.1. The summed E-state index contributed by atoms with van der Waals surface area (Å²) in [6, 6.07) is 2.20. The van der Waals surface area contributed by atoms with E-state index in [0.29, 0.717) is 12.5 Å². The van der Waals surface area contributed by atoms with E-state index >= 15 is 0 Å². The summed E-state index contributed by atoms with van der Waals surface area (Å²) < 4.78 is 0. The Bertz CT molecular complexity index is 1110. The number of hydrogen-bond acceptors (Lipinski definition) is 4.